The van der Waals surface area contributed by atoms with Crippen molar-refractivity contribution in [2.24, 2.45) is 5.41 Å². The lowest BCUT2D eigenvalue weighted by Crippen LogP contribution is -2.62. The number of nitrogens with one attached hydrogen (secondary N) is 2. The van der Waals surface area contributed by atoms with Crippen LogP contribution in [-0.2, 0) is 20.9 Å². The van der Waals surface area contributed by atoms with E-state index in [0.29, 0.717) is 56.9 Å². The number of nitrogens with zero attached hydrogens (tertiary/aromatic N) is 3. The predicted octanol–water partition coefficient (Wildman–Crippen LogP) is 2.78. The smallest absolute Gasteiger partial charge is 0.258 e. The van der Waals surface area contributed by atoms with Gasteiger partial charge in [-0.15, -0.1) is 0 Å². The third kappa shape index (κ3) is 7.66. The number of carbonyl (C=O) groups excluding carboxylic acids is 3. The summed E-state index contributed by atoms with van der Waals surface area (Å²) in [7, 11) is 0. The van der Waals surface area contributed by atoms with Crippen molar-refractivity contribution in [2.75, 3.05) is 32.8 Å². The van der Waals surface area contributed by atoms with E-state index in [1.54, 1.807) is 29.4 Å². The number of pyridine rings is 1. The van der Waals surface area contributed by atoms with E-state index < -0.39 is 6.04 Å². The molecule has 1 aromatic carbocycles. The second kappa shape index (κ2) is 13.2. The molecule has 4 heterocycles. The van der Waals surface area contributed by atoms with Gasteiger partial charge in [0.2, 0.25) is 11.8 Å². The number of piperazine rings is 1. The lowest BCUT2D eigenvalue weighted by atomic mass is 9.91. The summed E-state index contributed by atoms with van der Waals surface area (Å²) >= 11 is 0. The topological polar surface area (TPSA) is 113 Å². The summed E-state index contributed by atoms with van der Waals surface area (Å²) in [5, 5.41) is 6.26. The molecule has 3 amide bonds. The summed E-state index contributed by atoms with van der Waals surface area (Å²) in [6.45, 7) is 8.85. The van der Waals surface area contributed by atoms with E-state index >= 15 is 0 Å². The van der Waals surface area contributed by atoms with Gasteiger partial charge in [-0.1, -0.05) is 32.9 Å². The van der Waals surface area contributed by atoms with E-state index in [4.69, 9.17) is 9.47 Å². The second-order valence-corrected chi connectivity index (χ2v) is 12.8. The van der Waals surface area contributed by atoms with Gasteiger partial charge < -0.3 is 25.0 Å². The predicted molar refractivity (Wildman–Crippen MR) is 158 cm³/mol. The molecule has 42 heavy (non-hydrogen) atoms. The molecule has 2 bridgehead atoms. The average Bonchev–Trinajstić information content (AvgIpc) is 2.96. The van der Waals surface area contributed by atoms with Crippen LogP contribution < -0.4 is 15.4 Å². The Kier molecular flexibility index (Phi) is 9.43. The molecule has 0 radical (unpaired) electrons. The Morgan fingerprint density at radius 1 is 1.07 bits per heavy atom. The van der Waals surface area contributed by atoms with Crippen molar-refractivity contribution in [3.8, 4) is 5.75 Å². The third-order valence-electron chi connectivity index (χ3n) is 8.13. The van der Waals surface area contributed by atoms with Gasteiger partial charge in [0.25, 0.3) is 5.91 Å². The van der Waals surface area contributed by atoms with Gasteiger partial charge in [0.05, 0.1) is 30.4 Å². The minimum Gasteiger partial charge on any atom is -0.493 e. The summed E-state index contributed by atoms with van der Waals surface area (Å²) < 4.78 is 12.6. The van der Waals surface area contributed by atoms with Gasteiger partial charge in [0.15, 0.2) is 0 Å². The average molecular weight is 578 g/mol. The van der Waals surface area contributed by atoms with Crippen LogP contribution >= 0.6 is 0 Å². The Labute approximate surface area is 248 Å². The van der Waals surface area contributed by atoms with E-state index in [0.717, 1.165) is 18.4 Å². The largest absolute Gasteiger partial charge is 0.493 e. The van der Waals surface area contributed by atoms with Gasteiger partial charge >= 0.3 is 0 Å². The van der Waals surface area contributed by atoms with Crippen LogP contribution in [0.25, 0.3) is 0 Å². The summed E-state index contributed by atoms with van der Waals surface area (Å²) in [4.78, 5) is 48.5. The Hall–Kier alpha value is -3.50. The van der Waals surface area contributed by atoms with Gasteiger partial charge in [0, 0.05) is 58.0 Å². The van der Waals surface area contributed by atoms with Crippen LogP contribution in [0.2, 0.25) is 0 Å². The van der Waals surface area contributed by atoms with Gasteiger partial charge in [0.1, 0.15) is 11.8 Å². The van der Waals surface area contributed by atoms with Gasteiger partial charge in [-0.05, 0) is 48.1 Å². The Morgan fingerprint density at radius 3 is 2.64 bits per heavy atom. The second-order valence-electron chi connectivity index (χ2n) is 12.8. The molecule has 5 rings (SSSR count). The summed E-state index contributed by atoms with van der Waals surface area (Å²) in [5.74, 6) is 0.0486. The molecule has 3 aliphatic heterocycles. The first-order chi connectivity index (χ1) is 20.2. The number of para-hydroxylation sites is 1. The number of benzene rings is 1. The number of rotatable bonds is 4. The van der Waals surface area contributed by atoms with E-state index in [9.17, 15) is 14.4 Å². The minimum absolute atomic E-state index is 0.0176. The Balaban J connectivity index is 1.38. The molecule has 226 valence electrons. The van der Waals surface area contributed by atoms with Crippen molar-refractivity contribution < 1.29 is 23.9 Å². The fourth-order valence-electron chi connectivity index (χ4n) is 6.01. The SMILES string of the molecule is CC(C)(C)CC(=O)N[C@@H]1CC[C@H]2CCOc3ccccc3C(=O)N3CCN(Cc4ccncc4)C[C@H]3C(=O)NC[C@H]1O2. The molecule has 0 aliphatic carbocycles. The number of aromatic nitrogens is 1. The summed E-state index contributed by atoms with van der Waals surface area (Å²) in [5.41, 5.74) is 1.42. The number of fused-ring (bicyclic) bond motifs is 4. The van der Waals surface area contributed by atoms with Crippen LogP contribution in [0.1, 0.15) is 62.4 Å². The normalized spacial score (nSPS) is 25.7. The third-order valence-corrected chi connectivity index (χ3v) is 8.13. The van der Waals surface area contributed by atoms with Crippen molar-refractivity contribution in [3.63, 3.8) is 0 Å². The monoisotopic (exact) mass is 577 g/mol. The number of carbonyl (C=O) groups is 3. The maximum Gasteiger partial charge on any atom is 0.258 e. The minimum atomic E-state index is -0.697. The standard InChI is InChI=1S/C32H43N5O5/c1-32(2,3)18-29(38)35-25-9-8-23-12-17-41-27-7-5-4-6-24(27)31(40)37-16-15-36(20-22-10-13-33-14-11-22)21-26(37)30(39)34-19-28(25)42-23/h4-7,10-11,13-14,23,25-26,28H,8-9,12,15-21H2,1-3H3,(H,34,39)(H,35,38)/t23-,25+,26-,28+/m0/s1. The molecule has 1 aromatic heterocycles. The first-order valence-electron chi connectivity index (χ1n) is 15.0. The molecule has 2 aromatic rings. The van der Waals surface area contributed by atoms with Crippen LogP contribution in [0.15, 0.2) is 48.8 Å². The quantitative estimate of drug-likeness (QED) is 0.575. The maximum absolute atomic E-state index is 13.9. The molecule has 2 fully saturated rings. The van der Waals surface area contributed by atoms with Crippen LogP contribution in [0, 0.1) is 5.41 Å². The zero-order valence-electron chi connectivity index (χ0n) is 24.9. The Morgan fingerprint density at radius 2 is 1.86 bits per heavy atom. The molecular formula is C32H43N5O5. The lowest BCUT2D eigenvalue weighted by molar-refractivity contribution is -0.131. The molecule has 0 unspecified atom stereocenters. The fourth-order valence-corrected chi connectivity index (χ4v) is 6.01. The summed E-state index contributed by atoms with van der Waals surface area (Å²) in [6.07, 6.45) is 5.64. The fraction of sp³-hybridized carbons (Fsp3) is 0.562. The highest BCUT2D eigenvalue weighted by Gasteiger charge is 2.39. The highest BCUT2D eigenvalue weighted by Crippen LogP contribution is 2.27. The lowest BCUT2D eigenvalue weighted by Gasteiger charge is -2.42. The molecule has 2 N–H and O–H groups in total. The number of ether oxygens (including phenoxy) is 2. The highest BCUT2D eigenvalue weighted by molar-refractivity contribution is 6.00. The van der Waals surface area contributed by atoms with Crippen LogP contribution in [-0.4, -0.2) is 89.6 Å². The zero-order valence-corrected chi connectivity index (χ0v) is 24.9. The van der Waals surface area contributed by atoms with Crippen molar-refractivity contribution >= 4 is 17.7 Å². The molecule has 2 saturated heterocycles. The Bertz CT molecular complexity index is 1250. The first-order valence-corrected chi connectivity index (χ1v) is 15.0. The summed E-state index contributed by atoms with van der Waals surface area (Å²) in [6, 6.07) is 10.3. The van der Waals surface area contributed by atoms with E-state index in [2.05, 4.69) is 20.5 Å². The maximum atomic E-state index is 13.9. The molecule has 0 spiro atoms. The van der Waals surface area contributed by atoms with Crippen LogP contribution in [0.3, 0.4) is 0 Å². The van der Waals surface area contributed by atoms with Crippen molar-refractivity contribution in [3.05, 3.63) is 59.9 Å². The van der Waals surface area contributed by atoms with Crippen molar-refractivity contribution in [2.45, 2.75) is 77.3 Å². The molecule has 10 heteroatoms. The molecular weight excluding hydrogens is 534 g/mol. The number of hydrogen-bond donors (Lipinski definition) is 2. The molecule has 4 atom stereocenters. The van der Waals surface area contributed by atoms with Crippen LogP contribution in [0.5, 0.6) is 5.75 Å². The van der Waals surface area contributed by atoms with E-state index in [-0.39, 0.29) is 47.9 Å². The highest BCUT2D eigenvalue weighted by atomic mass is 16.5. The number of hydrogen-bond acceptors (Lipinski definition) is 7. The molecule has 3 aliphatic rings. The van der Waals surface area contributed by atoms with E-state index in [1.165, 1.54) is 0 Å². The zero-order chi connectivity index (χ0) is 29.7. The van der Waals surface area contributed by atoms with Crippen molar-refractivity contribution in [1.29, 1.82) is 0 Å². The van der Waals surface area contributed by atoms with Gasteiger partial charge in [-0.2, -0.15) is 0 Å². The number of amides is 3. The van der Waals surface area contributed by atoms with Gasteiger partial charge in [-0.3, -0.25) is 24.3 Å². The molecule has 0 saturated carbocycles. The van der Waals surface area contributed by atoms with E-state index in [1.807, 2.05) is 45.0 Å². The first kappa shape index (κ1) is 30.0. The van der Waals surface area contributed by atoms with Crippen LogP contribution in [0.4, 0.5) is 0 Å². The van der Waals surface area contributed by atoms with Gasteiger partial charge in [-0.25, -0.2) is 0 Å². The molecule has 10 nitrogen and oxygen atoms in total. The van der Waals surface area contributed by atoms with Crippen molar-refractivity contribution in [1.82, 2.24) is 25.4 Å².